The summed E-state index contributed by atoms with van der Waals surface area (Å²) in [5.74, 6) is 0.879. The zero-order valence-electron chi connectivity index (χ0n) is 10.7. The molecular weight excluding hydrogens is 230 g/mol. The highest BCUT2D eigenvalue weighted by Crippen LogP contribution is 2.22. The molecule has 1 aliphatic heterocycles. The number of hydrogen-bond acceptors (Lipinski definition) is 3. The van der Waals surface area contributed by atoms with Gasteiger partial charge in [-0.05, 0) is 63.1 Å². The molecular formula is C14H23NOS. The van der Waals surface area contributed by atoms with Crippen LogP contribution in [0.25, 0.3) is 0 Å². The monoisotopic (exact) mass is 253 g/mol. The van der Waals surface area contributed by atoms with E-state index in [-0.39, 0.29) is 6.10 Å². The average molecular weight is 253 g/mol. The molecule has 1 aromatic rings. The van der Waals surface area contributed by atoms with Gasteiger partial charge in [0.15, 0.2) is 0 Å². The van der Waals surface area contributed by atoms with Crippen molar-refractivity contribution in [2.75, 3.05) is 19.7 Å². The van der Waals surface area contributed by atoms with Gasteiger partial charge < -0.3 is 10.1 Å². The van der Waals surface area contributed by atoms with Crippen molar-refractivity contribution >= 4 is 11.3 Å². The molecule has 1 aliphatic rings. The molecule has 1 N–H and O–H groups in total. The van der Waals surface area contributed by atoms with Crippen LogP contribution in [0.2, 0.25) is 0 Å². The van der Waals surface area contributed by atoms with Crippen LogP contribution in [-0.2, 0) is 4.74 Å². The number of nitrogens with one attached hydrogen (secondary N) is 1. The number of thiophene rings is 1. The molecule has 2 atom stereocenters. The summed E-state index contributed by atoms with van der Waals surface area (Å²) in [6.07, 6.45) is 5.51. The van der Waals surface area contributed by atoms with Gasteiger partial charge >= 0.3 is 0 Å². The molecule has 1 fully saturated rings. The van der Waals surface area contributed by atoms with E-state index in [9.17, 15) is 0 Å². The van der Waals surface area contributed by atoms with Gasteiger partial charge in [-0.3, -0.25) is 0 Å². The van der Waals surface area contributed by atoms with Gasteiger partial charge in [-0.25, -0.2) is 0 Å². The van der Waals surface area contributed by atoms with Crippen molar-refractivity contribution in [2.45, 2.75) is 38.7 Å². The molecule has 0 amide bonds. The van der Waals surface area contributed by atoms with E-state index in [1.165, 1.54) is 43.6 Å². The molecule has 3 heteroatoms. The molecule has 0 bridgehead atoms. The summed E-state index contributed by atoms with van der Waals surface area (Å²) >= 11 is 1.78. The lowest BCUT2D eigenvalue weighted by molar-refractivity contribution is 0.0625. The molecule has 2 heterocycles. The standard InChI is InChI=1S/C14H23NOS/c1-12(14-7-4-10-17-14)16-9-3-6-13-5-2-8-15-11-13/h4,7,10,12-13,15H,2-3,5-6,8-9,11H2,1H3/t12-,13-/m0/s1. The first kappa shape index (κ1) is 13.1. The topological polar surface area (TPSA) is 21.3 Å². The molecule has 0 saturated carbocycles. The highest BCUT2D eigenvalue weighted by molar-refractivity contribution is 7.10. The van der Waals surface area contributed by atoms with Crippen LogP contribution < -0.4 is 5.32 Å². The van der Waals surface area contributed by atoms with E-state index in [1.807, 2.05) is 0 Å². The maximum atomic E-state index is 5.87. The summed E-state index contributed by atoms with van der Waals surface area (Å²) in [5.41, 5.74) is 0. The van der Waals surface area contributed by atoms with Gasteiger partial charge in [0.2, 0.25) is 0 Å². The van der Waals surface area contributed by atoms with E-state index >= 15 is 0 Å². The van der Waals surface area contributed by atoms with Crippen LogP contribution in [0.1, 0.15) is 43.6 Å². The molecule has 1 aromatic heterocycles. The van der Waals surface area contributed by atoms with Gasteiger partial charge in [-0.15, -0.1) is 11.3 Å². The summed E-state index contributed by atoms with van der Waals surface area (Å²) in [5, 5.41) is 5.58. The second kappa shape index (κ2) is 7.14. The molecule has 1 saturated heterocycles. The van der Waals surface area contributed by atoms with Gasteiger partial charge in [0.05, 0.1) is 6.10 Å². The molecule has 0 aromatic carbocycles. The van der Waals surface area contributed by atoms with Crippen LogP contribution >= 0.6 is 11.3 Å². The minimum Gasteiger partial charge on any atom is -0.373 e. The van der Waals surface area contributed by atoms with Gasteiger partial charge in [0, 0.05) is 11.5 Å². The van der Waals surface area contributed by atoms with E-state index < -0.39 is 0 Å². The Bertz CT molecular complexity index is 293. The fraction of sp³-hybridized carbons (Fsp3) is 0.714. The first-order valence-electron chi connectivity index (χ1n) is 6.72. The van der Waals surface area contributed by atoms with Crippen molar-refractivity contribution in [3.8, 4) is 0 Å². The number of ether oxygens (including phenoxy) is 1. The third-order valence-corrected chi connectivity index (χ3v) is 4.50. The lowest BCUT2D eigenvalue weighted by Gasteiger charge is -2.22. The molecule has 2 nitrogen and oxygen atoms in total. The van der Waals surface area contributed by atoms with E-state index in [0.717, 1.165) is 12.5 Å². The van der Waals surface area contributed by atoms with E-state index in [4.69, 9.17) is 4.74 Å². The zero-order chi connectivity index (χ0) is 11.9. The molecule has 0 unspecified atom stereocenters. The zero-order valence-corrected chi connectivity index (χ0v) is 11.5. The van der Waals surface area contributed by atoms with Gasteiger partial charge in [-0.2, -0.15) is 0 Å². The maximum Gasteiger partial charge on any atom is 0.0888 e. The minimum atomic E-state index is 0.263. The van der Waals surface area contributed by atoms with Crippen LogP contribution in [0, 0.1) is 5.92 Å². The Labute approximate surface area is 108 Å². The van der Waals surface area contributed by atoms with E-state index in [0.29, 0.717) is 0 Å². The molecule has 2 rings (SSSR count). The maximum absolute atomic E-state index is 5.87. The van der Waals surface area contributed by atoms with Crippen molar-refractivity contribution in [1.82, 2.24) is 5.32 Å². The Morgan fingerprint density at radius 3 is 3.24 bits per heavy atom. The van der Waals surface area contributed by atoms with E-state index in [1.54, 1.807) is 11.3 Å². The van der Waals surface area contributed by atoms with Crippen molar-refractivity contribution in [3.05, 3.63) is 22.4 Å². The Morgan fingerprint density at radius 2 is 2.53 bits per heavy atom. The lowest BCUT2D eigenvalue weighted by atomic mass is 9.95. The highest BCUT2D eigenvalue weighted by atomic mass is 32.1. The Hall–Kier alpha value is -0.380. The summed E-state index contributed by atoms with van der Waals surface area (Å²) < 4.78 is 5.87. The second-order valence-electron chi connectivity index (χ2n) is 4.88. The van der Waals surface area contributed by atoms with E-state index in [2.05, 4.69) is 29.8 Å². The first-order chi connectivity index (χ1) is 8.36. The van der Waals surface area contributed by atoms with Crippen LogP contribution in [0.3, 0.4) is 0 Å². The van der Waals surface area contributed by atoms with Crippen molar-refractivity contribution in [1.29, 1.82) is 0 Å². The normalized spacial score (nSPS) is 22.5. The second-order valence-corrected chi connectivity index (χ2v) is 5.86. The molecule has 17 heavy (non-hydrogen) atoms. The van der Waals surface area contributed by atoms with Crippen LogP contribution in [-0.4, -0.2) is 19.7 Å². The number of piperidine rings is 1. The Morgan fingerprint density at radius 1 is 1.59 bits per heavy atom. The summed E-state index contributed by atoms with van der Waals surface area (Å²) in [4.78, 5) is 1.34. The largest absolute Gasteiger partial charge is 0.373 e. The summed E-state index contributed by atoms with van der Waals surface area (Å²) in [6.45, 7) is 5.46. The molecule has 96 valence electrons. The number of rotatable bonds is 6. The third kappa shape index (κ3) is 4.41. The molecule has 0 radical (unpaired) electrons. The average Bonchev–Trinajstić information content (AvgIpc) is 2.89. The Kier molecular flexibility index (Phi) is 5.49. The van der Waals surface area contributed by atoms with Crippen LogP contribution in [0.5, 0.6) is 0 Å². The lowest BCUT2D eigenvalue weighted by Crippen LogP contribution is -2.29. The molecule has 0 aliphatic carbocycles. The van der Waals surface area contributed by atoms with Crippen molar-refractivity contribution in [2.24, 2.45) is 5.92 Å². The predicted octanol–water partition coefficient (Wildman–Crippen LogP) is 3.61. The fourth-order valence-electron chi connectivity index (χ4n) is 2.41. The summed E-state index contributed by atoms with van der Waals surface area (Å²) in [7, 11) is 0. The minimum absolute atomic E-state index is 0.263. The van der Waals surface area contributed by atoms with Gasteiger partial charge in [-0.1, -0.05) is 6.07 Å². The van der Waals surface area contributed by atoms with Crippen LogP contribution in [0.15, 0.2) is 17.5 Å². The van der Waals surface area contributed by atoms with Crippen molar-refractivity contribution < 1.29 is 4.74 Å². The first-order valence-corrected chi connectivity index (χ1v) is 7.60. The van der Waals surface area contributed by atoms with Gasteiger partial charge in [0.1, 0.15) is 0 Å². The third-order valence-electron chi connectivity index (χ3n) is 3.47. The quantitative estimate of drug-likeness (QED) is 0.782. The fourth-order valence-corrected chi connectivity index (χ4v) is 3.14. The van der Waals surface area contributed by atoms with Crippen LogP contribution in [0.4, 0.5) is 0 Å². The predicted molar refractivity (Wildman–Crippen MR) is 73.5 cm³/mol. The van der Waals surface area contributed by atoms with Gasteiger partial charge in [0.25, 0.3) is 0 Å². The molecule has 0 spiro atoms. The SMILES string of the molecule is C[C@H](OCCC[C@@H]1CCCNC1)c1cccs1. The smallest absolute Gasteiger partial charge is 0.0888 e. The Balaban J connectivity index is 1.56. The number of hydrogen-bond donors (Lipinski definition) is 1. The summed E-state index contributed by atoms with van der Waals surface area (Å²) in [6, 6.07) is 4.24. The van der Waals surface area contributed by atoms with Crippen molar-refractivity contribution in [3.63, 3.8) is 0 Å². The highest BCUT2D eigenvalue weighted by Gasteiger charge is 2.12.